The normalized spacial score (nSPS) is 42.5. The zero-order valence-electron chi connectivity index (χ0n) is 30.5. The Morgan fingerprint density at radius 3 is 1.28 bits per heavy atom. The Morgan fingerprint density at radius 1 is 0.489 bits per heavy atom. The van der Waals surface area contributed by atoms with Gasteiger partial charge in [-0.05, 0) is 171 Å². The second-order valence-corrected chi connectivity index (χ2v) is 18.3. The van der Waals surface area contributed by atoms with E-state index >= 15 is 0 Å². The van der Waals surface area contributed by atoms with E-state index in [1.165, 1.54) is 64.2 Å². The number of Topliss-reactive ketones (excluding diaryl/α,β-unsaturated/α-hetero) is 2. The van der Waals surface area contributed by atoms with Gasteiger partial charge >= 0.3 is 0 Å². The number of carbonyl (C=O) groups is 2. The zero-order valence-corrected chi connectivity index (χ0v) is 30.5. The standard InChI is InChI=1S/C42H70O5/c1-28-7-19-36(20-8-28)46-37-21-9-29(10-22-37)40(44)31-5-4-6-32(27-31)41(45)30-11-23-38(24-12-30)47-39-25-15-34(16-26-39)42(2,3)33-13-17-35(43)18-14-33/h28-39,43H,4-27H2,1-3H3. The van der Waals surface area contributed by atoms with E-state index in [2.05, 4.69) is 20.8 Å². The molecule has 5 heteroatoms. The summed E-state index contributed by atoms with van der Waals surface area (Å²) in [6.07, 6.45) is 27.5. The first-order valence-corrected chi connectivity index (χ1v) is 20.7. The topological polar surface area (TPSA) is 72.8 Å². The van der Waals surface area contributed by atoms with Gasteiger partial charge in [-0.3, -0.25) is 9.59 Å². The van der Waals surface area contributed by atoms with Gasteiger partial charge in [0.15, 0.2) is 0 Å². The Kier molecular flexibility index (Phi) is 12.6. The number of carbonyl (C=O) groups excluding carboxylic acids is 2. The monoisotopic (exact) mass is 655 g/mol. The number of ether oxygens (including phenoxy) is 2. The smallest absolute Gasteiger partial charge is 0.139 e. The first-order valence-electron chi connectivity index (χ1n) is 20.7. The molecule has 268 valence electrons. The number of hydrogen-bond acceptors (Lipinski definition) is 5. The van der Waals surface area contributed by atoms with Crippen LogP contribution in [0.5, 0.6) is 0 Å². The highest BCUT2D eigenvalue weighted by Gasteiger charge is 2.42. The fourth-order valence-electron chi connectivity index (χ4n) is 11.3. The lowest BCUT2D eigenvalue weighted by Gasteiger charge is -2.46. The van der Waals surface area contributed by atoms with Gasteiger partial charge in [-0.1, -0.05) is 27.2 Å². The Bertz CT molecular complexity index is 982. The maximum atomic E-state index is 13.7. The van der Waals surface area contributed by atoms with E-state index in [1.807, 2.05) is 0 Å². The molecule has 2 unspecified atom stereocenters. The van der Waals surface area contributed by atoms with E-state index in [4.69, 9.17) is 9.47 Å². The lowest BCUT2D eigenvalue weighted by molar-refractivity contribution is -0.135. The van der Waals surface area contributed by atoms with Crippen LogP contribution in [-0.2, 0) is 19.1 Å². The van der Waals surface area contributed by atoms with Crippen LogP contribution in [0.4, 0.5) is 0 Å². The van der Waals surface area contributed by atoms with Crippen molar-refractivity contribution in [3.05, 3.63) is 0 Å². The Balaban J connectivity index is 0.881. The highest BCUT2D eigenvalue weighted by molar-refractivity contribution is 5.87. The fraction of sp³-hybridized carbons (Fsp3) is 0.952. The van der Waals surface area contributed by atoms with Crippen molar-refractivity contribution in [3.8, 4) is 0 Å². The van der Waals surface area contributed by atoms with Crippen LogP contribution in [0, 0.1) is 46.8 Å². The van der Waals surface area contributed by atoms with Crippen LogP contribution in [0.3, 0.4) is 0 Å². The largest absolute Gasteiger partial charge is 0.393 e. The number of rotatable bonds is 10. The maximum Gasteiger partial charge on any atom is 0.139 e. The van der Waals surface area contributed by atoms with Crippen molar-refractivity contribution in [2.24, 2.45) is 46.8 Å². The molecule has 6 aliphatic rings. The second kappa shape index (κ2) is 16.5. The van der Waals surface area contributed by atoms with Gasteiger partial charge in [-0.25, -0.2) is 0 Å². The molecule has 6 rings (SSSR count). The lowest BCUT2D eigenvalue weighted by atomic mass is 9.60. The number of ketones is 2. The molecule has 2 atom stereocenters. The minimum atomic E-state index is -0.0732. The van der Waals surface area contributed by atoms with Crippen molar-refractivity contribution in [2.45, 2.75) is 205 Å². The summed E-state index contributed by atoms with van der Waals surface area (Å²) in [5, 5.41) is 9.98. The molecule has 5 nitrogen and oxygen atoms in total. The van der Waals surface area contributed by atoms with Crippen molar-refractivity contribution in [3.63, 3.8) is 0 Å². The number of aliphatic hydroxyl groups excluding tert-OH is 1. The van der Waals surface area contributed by atoms with Crippen molar-refractivity contribution in [1.82, 2.24) is 0 Å². The van der Waals surface area contributed by atoms with Crippen LogP contribution in [0.25, 0.3) is 0 Å². The summed E-state index contributed by atoms with van der Waals surface area (Å²) < 4.78 is 13.2. The van der Waals surface area contributed by atoms with Crippen LogP contribution in [0.2, 0.25) is 0 Å². The predicted octanol–water partition coefficient (Wildman–Crippen LogP) is 9.80. The molecular weight excluding hydrogens is 584 g/mol. The molecule has 47 heavy (non-hydrogen) atoms. The van der Waals surface area contributed by atoms with E-state index in [0.717, 1.165) is 108 Å². The Morgan fingerprint density at radius 2 is 0.851 bits per heavy atom. The molecule has 0 aromatic rings. The van der Waals surface area contributed by atoms with Crippen molar-refractivity contribution < 1.29 is 24.2 Å². The molecule has 0 spiro atoms. The Hall–Kier alpha value is -0.780. The van der Waals surface area contributed by atoms with E-state index in [9.17, 15) is 14.7 Å². The SMILES string of the molecule is CC1CCC(OC2CCC(C(=O)C3CCCC(C(=O)C4CCC(OC5CCC(C(C)(C)C6CCC(O)CC6)CC5)CC4)C3)CC2)CC1. The van der Waals surface area contributed by atoms with Gasteiger partial charge in [0, 0.05) is 23.7 Å². The molecule has 0 aliphatic heterocycles. The minimum Gasteiger partial charge on any atom is -0.393 e. The van der Waals surface area contributed by atoms with Gasteiger partial charge in [0.25, 0.3) is 0 Å². The van der Waals surface area contributed by atoms with Crippen molar-refractivity contribution in [2.75, 3.05) is 0 Å². The number of hydrogen-bond donors (Lipinski definition) is 1. The van der Waals surface area contributed by atoms with E-state index in [-0.39, 0.29) is 29.8 Å². The highest BCUT2D eigenvalue weighted by Crippen LogP contribution is 2.49. The molecule has 1 N–H and O–H groups in total. The van der Waals surface area contributed by atoms with Crippen LogP contribution in [0.15, 0.2) is 0 Å². The summed E-state index contributed by atoms with van der Waals surface area (Å²) in [4.78, 5) is 27.4. The third-order valence-corrected chi connectivity index (χ3v) is 14.8. The number of aliphatic hydroxyl groups is 1. The first kappa shape index (κ1) is 36.0. The summed E-state index contributed by atoms with van der Waals surface area (Å²) in [6.45, 7) is 7.34. The van der Waals surface area contributed by atoms with E-state index < -0.39 is 0 Å². The van der Waals surface area contributed by atoms with Gasteiger partial charge in [-0.15, -0.1) is 0 Å². The van der Waals surface area contributed by atoms with Crippen LogP contribution in [0.1, 0.15) is 175 Å². The molecule has 6 saturated carbocycles. The van der Waals surface area contributed by atoms with Crippen LogP contribution >= 0.6 is 0 Å². The molecule has 0 saturated heterocycles. The van der Waals surface area contributed by atoms with Crippen LogP contribution in [-0.4, -0.2) is 47.2 Å². The lowest BCUT2D eigenvalue weighted by Crippen LogP contribution is -2.40. The average molecular weight is 655 g/mol. The van der Waals surface area contributed by atoms with Gasteiger partial charge in [0.05, 0.1) is 30.5 Å². The average Bonchev–Trinajstić information content (AvgIpc) is 3.10. The minimum absolute atomic E-state index is 0.0732. The molecule has 0 aromatic heterocycles. The third kappa shape index (κ3) is 9.32. The molecule has 0 radical (unpaired) electrons. The molecule has 6 fully saturated rings. The summed E-state index contributed by atoms with van der Waals surface area (Å²) in [6, 6.07) is 0. The summed E-state index contributed by atoms with van der Waals surface area (Å²) in [5.74, 6) is 3.86. The maximum absolute atomic E-state index is 13.7. The van der Waals surface area contributed by atoms with Crippen LogP contribution < -0.4 is 0 Å². The highest BCUT2D eigenvalue weighted by atomic mass is 16.5. The molecule has 6 aliphatic carbocycles. The Labute approximate surface area is 287 Å². The van der Waals surface area contributed by atoms with Crippen molar-refractivity contribution >= 4 is 11.6 Å². The quantitative estimate of drug-likeness (QED) is 0.254. The summed E-state index contributed by atoms with van der Waals surface area (Å²) >= 11 is 0. The van der Waals surface area contributed by atoms with Gasteiger partial charge in [0.1, 0.15) is 11.6 Å². The van der Waals surface area contributed by atoms with Crippen molar-refractivity contribution in [1.29, 1.82) is 0 Å². The third-order valence-electron chi connectivity index (χ3n) is 14.8. The molecular formula is C42H70O5. The second-order valence-electron chi connectivity index (χ2n) is 18.3. The first-order chi connectivity index (χ1) is 22.7. The molecule has 0 aromatic carbocycles. The fourth-order valence-corrected chi connectivity index (χ4v) is 11.3. The van der Waals surface area contributed by atoms with Gasteiger partial charge in [0.2, 0.25) is 0 Å². The van der Waals surface area contributed by atoms with E-state index in [1.54, 1.807) is 0 Å². The van der Waals surface area contributed by atoms with Gasteiger partial charge in [-0.2, -0.15) is 0 Å². The molecule has 0 heterocycles. The zero-order chi connectivity index (χ0) is 33.0. The van der Waals surface area contributed by atoms with E-state index in [0.29, 0.717) is 41.4 Å². The predicted molar refractivity (Wildman–Crippen MR) is 188 cm³/mol. The molecule has 0 amide bonds. The summed E-state index contributed by atoms with van der Waals surface area (Å²) in [7, 11) is 0. The van der Waals surface area contributed by atoms with Gasteiger partial charge < -0.3 is 14.6 Å². The summed E-state index contributed by atoms with van der Waals surface area (Å²) in [5.41, 5.74) is 0.355. The molecule has 0 bridgehead atoms.